The van der Waals surface area contributed by atoms with Crippen LogP contribution in [0.5, 0.6) is 11.5 Å². The first-order chi connectivity index (χ1) is 23.3. The zero-order valence-corrected chi connectivity index (χ0v) is 24.9. The molecule has 47 heavy (non-hydrogen) atoms. The maximum absolute atomic E-state index is 10.5. The maximum atomic E-state index is 10.5. The fourth-order valence-corrected chi connectivity index (χ4v) is 6.37. The number of benzene rings is 6. The van der Waals surface area contributed by atoms with E-state index >= 15 is 0 Å². The second kappa shape index (κ2) is 10.7. The molecule has 0 unspecified atom stereocenters. The fourth-order valence-electron chi connectivity index (χ4n) is 6.37. The molecule has 1 aliphatic rings. The first-order valence-corrected chi connectivity index (χ1v) is 15.3. The quantitative estimate of drug-likeness (QED) is 0.199. The predicted octanol–water partition coefficient (Wildman–Crippen LogP) is 9.75. The molecule has 2 aromatic heterocycles. The second-order valence-corrected chi connectivity index (χ2v) is 11.2. The van der Waals surface area contributed by atoms with E-state index in [1.165, 1.54) is 0 Å². The summed E-state index contributed by atoms with van der Waals surface area (Å²) in [5.41, 5.74) is 6.52. The summed E-state index contributed by atoms with van der Waals surface area (Å²) in [5.74, 6) is 2.97. The second-order valence-electron chi connectivity index (χ2n) is 11.2. The van der Waals surface area contributed by atoms with Gasteiger partial charge in [-0.05, 0) is 54.6 Å². The van der Waals surface area contributed by atoms with Gasteiger partial charge in [-0.25, -0.2) is 4.98 Å². The summed E-state index contributed by atoms with van der Waals surface area (Å²) in [6, 6.07) is 50.4. The van der Waals surface area contributed by atoms with Gasteiger partial charge >= 0.3 is 0 Å². The first kappa shape index (κ1) is 26.6. The van der Waals surface area contributed by atoms with E-state index in [1.807, 2.05) is 121 Å². The maximum Gasteiger partial charge on any atom is 0.238 e. The van der Waals surface area contributed by atoms with Gasteiger partial charge in [0.05, 0.1) is 33.7 Å². The van der Waals surface area contributed by atoms with Crippen LogP contribution in [-0.4, -0.2) is 19.5 Å². The molecule has 0 atom stereocenters. The van der Waals surface area contributed by atoms with Crippen molar-refractivity contribution in [3.8, 4) is 46.3 Å². The molecule has 0 N–H and O–H groups in total. The smallest absolute Gasteiger partial charge is 0.238 e. The number of anilines is 3. The zero-order valence-electron chi connectivity index (χ0n) is 24.9. The number of nitrogens with zero attached hydrogens (tertiary/aromatic N) is 6. The van der Waals surface area contributed by atoms with Crippen molar-refractivity contribution in [3.05, 3.63) is 151 Å². The van der Waals surface area contributed by atoms with Crippen LogP contribution < -0.4 is 9.64 Å². The van der Waals surface area contributed by atoms with E-state index in [1.54, 1.807) is 0 Å². The normalized spacial score (nSPS) is 11.9. The van der Waals surface area contributed by atoms with E-state index in [0.717, 1.165) is 55.9 Å². The number of rotatable bonds is 4. The third kappa shape index (κ3) is 4.31. The van der Waals surface area contributed by atoms with Crippen molar-refractivity contribution >= 4 is 38.9 Å². The Bertz CT molecular complexity index is 2430. The van der Waals surface area contributed by atoms with Gasteiger partial charge in [0.25, 0.3) is 0 Å². The van der Waals surface area contributed by atoms with E-state index in [-0.39, 0.29) is 0 Å². The van der Waals surface area contributed by atoms with Crippen molar-refractivity contribution in [3.63, 3.8) is 0 Å². The molecule has 0 radical (unpaired) electrons. The summed E-state index contributed by atoms with van der Waals surface area (Å²) >= 11 is 0. The monoisotopic (exact) mass is 604 g/mol. The average Bonchev–Trinajstić information content (AvgIpc) is 3.48. The number of aromatic nitrogens is 4. The van der Waals surface area contributed by atoms with E-state index in [4.69, 9.17) is 19.7 Å². The number of fused-ring (bicyclic) bond motifs is 5. The van der Waals surface area contributed by atoms with Gasteiger partial charge in [-0.15, -0.1) is 0 Å². The highest BCUT2D eigenvalue weighted by Crippen LogP contribution is 2.51. The van der Waals surface area contributed by atoms with Crippen molar-refractivity contribution in [2.24, 2.45) is 0 Å². The first-order valence-electron chi connectivity index (χ1n) is 15.3. The number of hydrogen-bond acceptors (Lipinski definition) is 6. The Labute approximate surface area is 270 Å². The Balaban J connectivity index is 1.25. The fraction of sp³-hybridized carbons (Fsp3) is 0. The van der Waals surface area contributed by atoms with Crippen LogP contribution in [0.25, 0.3) is 50.5 Å². The van der Waals surface area contributed by atoms with Crippen LogP contribution in [0.4, 0.5) is 17.1 Å². The highest BCUT2D eigenvalue weighted by atomic mass is 16.5. The number of para-hydroxylation sites is 6. The van der Waals surface area contributed by atoms with Gasteiger partial charge in [0.1, 0.15) is 6.07 Å². The summed E-state index contributed by atoms with van der Waals surface area (Å²) in [5, 5.41) is 12.8. The molecule has 220 valence electrons. The Morgan fingerprint density at radius 3 is 1.70 bits per heavy atom. The van der Waals surface area contributed by atoms with Crippen LogP contribution in [0.3, 0.4) is 0 Å². The molecule has 0 aliphatic carbocycles. The van der Waals surface area contributed by atoms with Gasteiger partial charge in [-0.2, -0.15) is 15.2 Å². The standard InChI is InChI=1S/C40H24N6O/c41-25-28-24-27(22-23-31(28)45-34-18-8-10-20-36(34)47-37-21-11-9-19-35(37)45)39-42-38(26-12-2-1-3-13-26)43-40(44-39)46-32-16-6-4-14-29(32)30-15-5-7-17-33(30)46/h1-24H. The Hall–Kier alpha value is -6.78. The van der Waals surface area contributed by atoms with Crippen LogP contribution >= 0.6 is 0 Å². The molecule has 8 aromatic rings. The molecule has 3 heterocycles. The molecule has 7 heteroatoms. The molecule has 0 saturated carbocycles. The van der Waals surface area contributed by atoms with Crippen LogP contribution in [0.2, 0.25) is 0 Å². The van der Waals surface area contributed by atoms with Gasteiger partial charge in [-0.1, -0.05) is 91.0 Å². The number of nitriles is 1. The van der Waals surface area contributed by atoms with Gasteiger partial charge in [0, 0.05) is 21.9 Å². The lowest BCUT2D eigenvalue weighted by Crippen LogP contribution is -2.16. The minimum atomic E-state index is 0.474. The minimum absolute atomic E-state index is 0.474. The zero-order chi connectivity index (χ0) is 31.3. The lowest BCUT2D eigenvalue weighted by atomic mass is 10.0. The van der Waals surface area contributed by atoms with Gasteiger partial charge in [0.2, 0.25) is 5.95 Å². The Morgan fingerprint density at radius 1 is 0.511 bits per heavy atom. The molecule has 1 aliphatic heterocycles. The molecule has 6 aromatic carbocycles. The van der Waals surface area contributed by atoms with Crippen LogP contribution in [-0.2, 0) is 0 Å². The van der Waals surface area contributed by atoms with E-state index in [9.17, 15) is 5.26 Å². The van der Waals surface area contributed by atoms with Crippen LogP contribution in [0, 0.1) is 11.3 Å². The van der Waals surface area contributed by atoms with Crippen LogP contribution in [0.1, 0.15) is 5.56 Å². The SMILES string of the molecule is N#Cc1cc(-c2nc(-c3ccccc3)nc(-n3c4ccccc4c4ccccc43)n2)ccc1N1c2ccccc2Oc2ccccc21. The molecule has 0 spiro atoms. The van der Waals surface area contributed by atoms with Gasteiger partial charge < -0.3 is 9.64 Å². The molecule has 0 saturated heterocycles. The van der Waals surface area contributed by atoms with Crippen molar-refractivity contribution < 1.29 is 4.74 Å². The molecular weight excluding hydrogens is 580 g/mol. The third-order valence-electron chi connectivity index (χ3n) is 8.48. The van der Waals surface area contributed by atoms with Crippen molar-refractivity contribution in [2.45, 2.75) is 0 Å². The van der Waals surface area contributed by atoms with E-state index < -0.39 is 0 Å². The van der Waals surface area contributed by atoms with E-state index in [0.29, 0.717) is 28.7 Å². The molecule has 0 amide bonds. The molecule has 9 rings (SSSR count). The topological polar surface area (TPSA) is 79.9 Å². The highest BCUT2D eigenvalue weighted by molar-refractivity contribution is 6.09. The summed E-state index contributed by atoms with van der Waals surface area (Å²) in [6.45, 7) is 0. The lowest BCUT2D eigenvalue weighted by molar-refractivity contribution is 0.477. The van der Waals surface area contributed by atoms with Crippen LogP contribution in [0.15, 0.2) is 146 Å². The molecule has 7 nitrogen and oxygen atoms in total. The van der Waals surface area contributed by atoms with Gasteiger partial charge in [0.15, 0.2) is 23.1 Å². The third-order valence-corrected chi connectivity index (χ3v) is 8.48. The summed E-state index contributed by atoms with van der Waals surface area (Å²) in [6.07, 6.45) is 0. The average molecular weight is 605 g/mol. The number of ether oxygens (including phenoxy) is 1. The predicted molar refractivity (Wildman–Crippen MR) is 185 cm³/mol. The van der Waals surface area contributed by atoms with Crippen molar-refractivity contribution in [1.29, 1.82) is 5.26 Å². The molecule has 0 fully saturated rings. The lowest BCUT2D eigenvalue weighted by Gasteiger charge is -2.33. The molecule has 0 bridgehead atoms. The van der Waals surface area contributed by atoms with Crippen molar-refractivity contribution in [1.82, 2.24) is 19.5 Å². The largest absolute Gasteiger partial charge is 0.453 e. The summed E-state index contributed by atoms with van der Waals surface area (Å²) in [7, 11) is 0. The summed E-state index contributed by atoms with van der Waals surface area (Å²) in [4.78, 5) is 17.1. The highest BCUT2D eigenvalue weighted by Gasteiger charge is 2.27. The Kier molecular flexibility index (Phi) is 6.05. The molecular formula is C40H24N6O. The summed E-state index contributed by atoms with van der Waals surface area (Å²) < 4.78 is 8.29. The van der Waals surface area contributed by atoms with E-state index in [2.05, 4.69) is 39.8 Å². The van der Waals surface area contributed by atoms with Crippen molar-refractivity contribution in [2.75, 3.05) is 4.90 Å². The van der Waals surface area contributed by atoms with Gasteiger partial charge in [-0.3, -0.25) is 4.57 Å². The Morgan fingerprint density at radius 2 is 1.06 bits per heavy atom. The number of hydrogen-bond donors (Lipinski definition) is 0. The minimum Gasteiger partial charge on any atom is -0.453 e.